The SMILES string of the molecule is O=C1CCN(c2cc(Nc3ccccn3)ncn2)C1. The number of Topliss-reactive ketones (excluding diaryl/α,β-unsaturated/α-hetero) is 1. The van der Waals surface area contributed by atoms with Crippen LogP contribution in [0.5, 0.6) is 0 Å². The van der Waals surface area contributed by atoms with Crippen LogP contribution in [0.4, 0.5) is 17.5 Å². The van der Waals surface area contributed by atoms with Gasteiger partial charge in [0, 0.05) is 25.2 Å². The summed E-state index contributed by atoms with van der Waals surface area (Å²) in [7, 11) is 0. The summed E-state index contributed by atoms with van der Waals surface area (Å²) in [5.41, 5.74) is 0. The molecular formula is C13H13N5O. The van der Waals surface area contributed by atoms with Gasteiger partial charge in [-0.1, -0.05) is 6.07 Å². The average molecular weight is 255 g/mol. The smallest absolute Gasteiger partial charge is 0.153 e. The number of hydrogen-bond donors (Lipinski definition) is 1. The number of ketones is 1. The second kappa shape index (κ2) is 5.01. The van der Waals surface area contributed by atoms with Gasteiger partial charge in [0.2, 0.25) is 0 Å². The van der Waals surface area contributed by atoms with Crippen molar-refractivity contribution in [3.63, 3.8) is 0 Å². The molecule has 6 heteroatoms. The highest BCUT2D eigenvalue weighted by atomic mass is 16.1. The summed E-state index contributed by atoms with van der Waals surface area (Å²) >= 11 is 0. The van der Waals surface area contributed by atoms with E-state index in [4.69, 9.17) is 0 Å². The molecule has 3 heterocycles. The Morgan fingerprint density at radius 1 is 1.16 bits per heavy atom. The number of carbonyl (C=O) groups is 1. The minimum Gasteiger partial charge on any atom is -0.349 e. The molecule has 1 aliphatic heterocycles. The van der Waals surface area contributed by atoms with Crippen molar-refractivity contribution in [3.8, 4) is 0 Å². The van der Waals surface area contributed by atoms with E-state index in [1.807, 2.05) is 29.2 Å². The van der Waals surface area contributed by atoms with Crippen LogP contribution >= 0.6 is 0 Å². The largest absolute Gasteiger partial charge is 0.349 e. The molecule has 0 unspecified atom stereocenters. The fourth-order valence-corrected chi connectivity index (χ4v) is 1.98. The second-order valence-electron chi connectivity index (χ2n) is 4.31. The third-order valence-corrected chi connectivity index (χ3v) is 2.93. The van der Waals surface area contributed by atoms with Crippen molar-refractivity contribution in [2.75, 3.05) is 23.3 Å². The molecule has 0 atom stereocenters. The predicted octanol–water partition coefficient (Wildman–Crippen LogP) is 1.39. The number of rotatable bonds is 3. The zero-order valence-electron chi connectivity index (χ0n) is 10.3. The van der Waals surface area contributed by atoms with E-state index >= 15 is 0 Å². The summed E-state index contributed by atoms with van der Waals surface area (Å²) in [5.74, 6) is 2.41. The summed E-state index contributed by atoms with van der Waals surface area (Å²) in [6.45, 7) is 1.15. The van der Waals surface area contributed by atoms with Crippen molar-refractivity contribution < 1.29 is 4.79 Å². The van der Waals surface area contributed by atoms with Crippen molar-refractivity contribution in [1.29, 1.82) is 0 Å². The van der Waals surface area contributed by atoms with Crippen molar-refractivity contribution in [2.24, 2.45) is 0 Å². The molecule has 19 heavy (non-hydrogen) atoms. The number of pyridine rings is 1. The van der Waals surface area contributed by atoms with Gasteiger partial charge in [-0.15, -0.1) is 0 Å². The summed E-state index contributed by atoms with van der Waals surface area (Å²) in [5, 5.41) is 3.11. The molecule has 0 aliphatic carbocycles. The van der Waals surface area contributed by atoms with Gasteiger partial charge in [0.15, 0.2) is 5.78 Å². The molecule has 6 nitrogen and oxygen atoms in total. The van der Waals surface area contributed by atoms with Crippen LogP contribution in [-0.2, 0) is 4.79 Å². The van der Waals surface area contributed by atoms with Crippen LogP contribution in [0.1, 0.15) is 6.42 Å². The Morgan fingerprint density at radius 2 is 2.11 bits per heavy atom. The molecule has 1 aliphatic rings. The summed E-state index contributed by atoms with van der Waals surface area (Å²) in [4.78, 5) is 25.8. The topological polar surface area (TPSA) is 71.0 Å². The molecule has 1 fully saturated rings. The first-order chi connectivity index (χ1) is 9.31. The van der Waals surface area contributed by atoms with Crippen LogP contribution in [0.25, 0.3) is 0 Å². The first-order valence-electron chi connectivity index (χ1n) is 6.08. The molecule has 2 aromatic heterocycles. The maximum absolute atomic E-state index is 11.3. The summed E-state index contributed by atoms with van der Waals surface area (Å²) in [6.07, 6.45) is 3.79. The minimum absolute atomic E-state index is 0.248. The van der Waals surface area contributed by atoms with E-state index in [1.54, 1.807) is 6.20 Å². The first-order valence-corrected chi connectivity index (χ1v) is 6.08. The lowest BCUT2D eigenvalue weighted by atomic mass is 10.4. The van der Waals surface area contributed by atoms with Crippen LogP contribution < -0.4 is 10.2 Å². The Kier molecular flexibility index (Phi) is 3.06. The number of carbonyl (C=O) groups excluding carboxylic acids is 1. The third kappa shape index (κ3) is 2.67. The molecule has 0 bridgehead atoms. The number of aromatic nitrogens is 3. The van der Waals surface area contributed by atoms with Crippen molar-refractivity contribution in [1.82, 2.24) is 15.0 Å². The van der Waals surface area contributed by atoms with Crippen molar-refractivity contribution in [3.05, 3.63) is 36.8 Å². The molecule has 2 aromatic rings. The second-order valence-corrected chi connectivity index (χ2v) is 4.31. The van der Waals surface area contributed by atoms with Gasteiger partial charge >= 0.3 is 0 Å². The van der Waals surface area contributed by atoms with Crippen LogP contribution in [0, 0.1) is 0 Å². The zero-order chi connectivity index (χ0) is 13.1. The third-order valence-electron chi connectivity index (χ3n) is 2.93. The van der Waals surface area contributed by atoms with Gasteiger partial charge in [0.05, 0.1) is 6.54 Å². The van der Waals surface area contributed by atoms with Gasteiger partial charge in [0.1, 0.15) is 23.8 Å². The van der Waals surface area contributed by atoms with E-state index in [1.165, 1.54) is 6.33 Å². The maximum Gasteiger partial charge on any atom is 0.153 e. The highest BCUT2D eigenvalue weighted by Gasteiger charge is 2.20. The number of nitrogens with zero attached hydrogens (tertiary/aromatic N) is 4. The van der Waals surface area contributed by atoms with Gasteiger partial charge < -0.3 is 10.2 Å². The fraction of sp³-hybridized carbons (Fsp3) is 0.231. The van der Waals surface area contributed by atoms with Crippen LogP contribution in [0.15, 0.2) is 36.8 Å². The molecule has 0 amide bonds. The highest BCUT2D eigenvalue weighted by molar-refractivity contribution is 5.86. The van der Waals surface area contributed by atoms with Crippen molar-refractivity contribution >= 4 is 23.2 Å². The van der Waals surface area contributed by atoms with Gasteiger partial charge in [-0.25, -0.2) is 15.0 Å². The van der Waals surface area contributed by atoms with E-state index in [2.05, 4.69) is 20.3 Å². The first kappa shape index (κ1) is 11.6. The predicted molar refractivity (Wildman–Crippen MR) is 71.4 cm³/mol. The normalized spacial score (nSPS) is 14.7. The molecule has 1 saturated heterocycles. The Balaban J connectivity index is 1.78. The van der Waals surface area contributed by atoms with E-state index < -0.39 is 0 Å². The molecule has 0 spiro atoms. The Morgan fingerprint density at radius 3 is 2.84 bits per heavy atom. The van der Waals surface area contributed by atoms with Gasteiger partial charge in [0.25, 0.3) is 0 Å². The lowest BCUT2D eigenvalue weighted by Gasteiger charge is -2.15. The van der Waals surface area contributed by atoms with Gasteiger partial charge in [-0.3, -0.25) is 4.79 Å². The lowest BCUT2D eigenvalue weighted by molar-refractivity contribution is -0.116. The molecule has 3 rings (SSSR count). The van der Waals surface area contributed by atoms with E-state index in [9.17, 15) is 4.79 Å². The molecule has 0 aromatic carbocycles. The molecule has 0 radical (unpaired) electrons. The average Bonchev–Trinajstić information content (AvgIpc) is 2.87. The van der Waals surface area contributed by atoms with Crippen LogP contribution in [0.2, 0.25) is 0 Å². The summed E-state index contributed by atoms with van der Waals surface area (Å²) in [6, 6.07) is 7.44. The van der Waals surface area contributed by atoms with Gasteiger partial charge in [-0.2, -0.15) is 0 Å². The molecule has 1 N–H and O–H groups in total. The Labute approximate surface area is 110 Å². The van der Waals surface area contributed by atoms with E-state index in [0.29, 0.717) is 18.8 Å². The molecule has 0 saturated carbocycles. The quantitative estimate of drug-likeness (QED) is 0.893. The fourth-order valence-electron chi connectivity index (χ4n) is 1.98. The zero-order valence-corrected chi connectivity index (χ0v) is 10.3. The van der Waals surface area contributed by atoms with E-state index in [-0.39, 0.29) is 5.78 Å². The van der Waals surface area contributed by atoms with Crippen LogP contribution in [-0.4, -0.2) is 33.8 Å². The number of hydrogen-bond acceptors (Lipinski definition) is 6. The van der Waals surface area contributed by atoms with Crippen molar-refractivity contribution in [2.45, 2.75) is 6.42 Å². The molecule has 96 valence electrons. The minimum atomic E-state index is 0.248. The number of nitrogens with one attached hydrogen (secondary N) is 1. The van der Waals surface area contributed by atoms with E-state index in [0.717, 1.165) is 18.2 Å². The standard InChI is InChI=1S/C13H13N5O/c19-10-4-6-18(8-10)13-7-12(15-9-16-13)17-11-3-1-2-5-14-11/h1-3,5,7,9H,4,6,8H2,(H,14,15,16,17). The van der Waals surface area contributed by atoms with Gasteiger partial charge in [-0.05, 0) is 12.1 Å². The highest BCUT2D eigenvalue weighted by Crippen LogP contribution is 2.19. The summed E-state index contributed by atoms with van der Waals surface area (Å²) < 4.78 is 0. The Bertz CT molecular complexity index is 587. The lowest BCUT2D eigenvalue weighted by Crippen LogP contribution is -2.20. The Hall–Kier alpha value is -2.50. The van der Waals surface area contributed by atoms with Crippen LogP contribution in [0.3, 0.4) is 0 Å². The molecular weight excluding hydrogens is 242 g/mol. The maximum atomic E-state index is 11.3. The monoisotopic (exact) mass is 255 g/mol. The number of anilines is 3.